The lowest BCUT2D eigenvalue weighted by Gasteiger charge is -2.16. The third kappa shape index (κ3) is 4.16. The molecule has 17 heavy (non-hydrogen) atoms. The molecule has 6 heteroatoms. The Bertz CT molecular complexity index is 365. The second-order valence-electron chi connectivity index (χ2n) is 3.65. The maximum Gasteiger partial charge on any atom is 0.261 e. The van der Waals surface area contributed by atoms with Gasteiger partial charge in [-0.15, -0.1) is 11.3 Å². The highest BCUT2D eigenvalue weighted by atomic mass is 32.1. The van der Waals surface area contributed by atoms with Gasteiger partial charge in [-0.1, -0.05) is 25.8 Å². The summed E-state index contributed by atoms with van der Waals surface area (Å²) >= 11 is 1.34. The number of carbonyl (C=O) groups excluding carboxylic acids is 2. The van der Waals surface area contributed by atoms with Gasteiger partial charge >= 0.3 is 0 Å². The Kier molecular flexibility index (Phi) is 5.65. The third-order valence-electron chi connectivity index (χ3n) is 2.36. The number of carbonyl (C=O) groups is 2. The maximum atomic E-state index is 11.8. The van der Waals surface area contributed by atoms with E-state index in [0.717, 1.165) is 12.8 Å². The van der Waals surface area contributed by atoms with Crippen LogP contribution in [0, 0.1) is 0 Å². The zero-order valence-electron chi connectivity index (χ0n) is 9.73. The quantitative estimate of drug-likeness (QED) is 0.403. The van der Waals surface area contributed by atoms with E-state index in [1.165, 1.54) is 11.3 Å². The lowest BCUT2D eigenvalue weighted by molar-refractivity contribution is -0.123. The average molecular weight is 255 g/mol. The standard InChI is InChI=1S/C11H17N3O2S/c1-2-3-5-8(10(15)14-12)13-11(16)9-6-4-7-17-9/h4,6-8H,2-3,5,12H2,1H3,(H,13,16)(H,14,15)/t8-/m0/s1. The Morgan fingerprint density at radius 1 is 1.53 bits per heavy atom. The van der Waals surface area contributed by atoms with Crippen molar-refractivity contribution in [2.75, 3.05) is 0 Å². The summed E-state index contributed by atoms with van der Waals surface area (Å²) in [5, 5.41) is 4.50. The monoisotopic (exact) mass is 255 g/mol. The van der Waals surface area contributed by atoms with E-state index in [9.17, 15) is 9.59 Å². The number of hydrogen-bond acceptors (Lipinski definition) is 4. The highest BCUT2D eigenvalue weighted by Crippen LogP contribution is 2.09. The fourth-order valence-electron chi connectivity index (χ4n) is 1.41. The molecule has 0 aliphatic heterocycles. The van der Waals surface area contributed by atoms with Crippen molar-refractivity contribution < 1.29 is 9.59 Å². The number of amides is 2. The van der Waals surface area contributed by atoms with E-state index in [4.69, 9.17) is 5.84 Å². The van der Waals surface area contributed by atoms with Gasteiger partial charge in [0.05, 0.1) is 4.88 Å². The number of nitrogens with one attached hydrogen (secondary N) is 2. The van der Waals surface area contributed by atoms with Crippen LogP contribution in [0.5, 0.6) is 0 Å². The molecule has 0 fully saturated rings. The molecule has 0 spiro atoms. The molecule has 2 amide bonds. The molecule has 94 valence electrons. The number of hydrogen-bond donors (Lipinski definition) is 3. The number of hydrazine groups is 1. The van der Waals surface area contributed by atoms with Gasteiger partial charge in [0.2, 0.25) is 0 Å². The third-order valence-corrected chi connectivity index (χ3v) is 3.22. The van der Waals surface area contributed by atoms with Gasteiger partial charge in [-0.2, -0.15) is 0 Å². The van der Waals surface area contributed by atoms with E-state index in [-0.39, 0.29) is 11.8 Å². The summed E-state index contributed by atoms with van der Waals surface area (Å²) in [7, 11) is 0. The van der Waals surface area contributed by atoms with Gasteiger partial charge in [0.1, 0.15) is 6.04 Å². The number of unbranched alkanes of at least 4 members (excludes halogenated alkanes) is 1. The van der Waals surface area contributed by atoms with Gasteiger partial charge in [-0.3, -0.25) is 15.0 Å². The van der Waals surface area contributed by atoms with Gasteiger partial charge in [-0.05, 0) is 17.9 Å². The summed E-state index contributed by atoms with van der Waals surface area (Å²) in [5.74, 6) is 4.50. The van der Waals surface area contributed by atoms with Gasteiger partial charge in [-0.25, -0.2) is 5.84 Å². The Hall–Kier alpha value is -1.40. The SMILES string of the molecule is CCCC[C@H](NC(=O)c1cccs1)C(=O)NN. The fraction of sp³-hybridized carbons (Fsp3) is 0.455. The smallest absolute Gasteiger partial charge is 0.261 e. The van der Waals surface area contributed by atoms with Crippen LogP contribution in [0.25, 0.3) is 0 Å². The summed E-state index contributed by atoms with van der Waals surface area (Å²) < 4.78 is 0. The molecule has 0 aromatic carbocycles. The predicted octanol–water partition coefficient (Wildman–Crippen LogP) is 1.03. The van der Waals surface area contributed by atoms with Gasteiger partial charge in [0.15, 0.2) is 0 Å². The molecule has 1 heterocycles. The molecular weight excluding hydrogens is 238 g/mol. The van der Waals surface area contributed by atoms with Crippen molar-refractivity contribution in [1.29, 1.82) is 0 Å². The zero-order chi connectivity index (χ0) is 12.7. The molecule has 0 radical (unpaired) electrons. The first-order valence-corrected chi connectivity index (χ1v) is 6.41. The zero-order valence-corrected chi connectivity index (χ0v) is 10.5. The van der Waals surface area contributed by atoms with Crippen molar-refractivity contribution in [3.63, 3.8) is 0 Å². The molecule has 1 aromatic heterocycles. The average Bonchev–Trinajstić information content (AvgIpc) is 2.87. The van der Waals surface area contributed by atoms with Crippen LogP contribution in [0.3, 0.4) is 0 Å². The number of thiophene rings is 1. The minimum atomic E-state index is -0.561. The van der Waals surface area contributed by atoms with E-state index >= 15 is 0 Å². The number of nitrogens with two attached hydrogens (primary N) is 1. The van der Waals surface area contributed by atoms with Crippen molar-refractivity contribution >= 4 is 23.2 Å². The van der Waals surface area contributed by atoms with Crippen LogP contribution in [-0.4, -0.2) is 17.9 Å². The molecular formula is C11H17N3O2S. The van der Waals surface area contributed by atoms with Crippen LogP contribution < -0.4 is 16.6 Å². The van der Waals surface area contributed by atoms with Crippen LogP contribution in [0.15, 0.2) is 17.5 Å². The molecule has 0 aliphatic rings. The van der Waals surface area contributed by atoms with E-state index < -0.39 is 6.04 Å². The summed E-state index contributed by atoms with van der Waals surface area (Å²) in [6, 6.07) is 2.95. The maximum absolute atomic E-state index is 11.8. The Morgan fingerprint density at radius 3 is 2.82 bits per heavy atom. The minimum absolute atomic E-state index is 0.232. The topological polar surface area (TPSA) is 84.2 Å². The first kappa shape index (κ1) is 13.7. The van der Waals surface area contributed by atoms with E-state index in [2.05, 4.69) is 10.7 Å². The molecule has 0 saturated heterocycles. The van der Waals surface area contributed by atoms with Crippen LogP contribution in [0.2, 0.25) is 0 Å². The molecule has 0 aliphatic carbocycles. The first-order valence-electron chi connectivity index (χ1n) is 5.53. The number of rotatable bonds is 6. The molecule has 5 nitrogen and oxygen atoms in total. The van der Waals surface area contributed by atoms with E-state index in [1.54, 1.807) is 12.1 Å². The lowest BCUT2D eigenvalue weighted by atomic mass is 10.1. The van der Waals surface area contributed by atoms with Crippen molar-refractivity contribution in [1.82, 2.24) is 10.7 Å². The normalized spacial score (nSPS) is 11.9. The van der Waals surface area contributed by atoms with Gasteiger partial charge in [0, 0.05) is 0 Å². The second-order valence-corrected chi connectivity index (χ2v) is 4.60. The molecule has 1 atom stereocenters. The molecule has 0 bridgehead atoms. The molecule has 1 rings (SSSR count). The van der Waals surface area contributed by atoms with Crippen molar-refractivity contribution in [2.45, 2.75) is 32.2 Å². The van der Waals surface area contributed by atoms with Crippen LogP contribution in [0.1, 0.15) is 35.9 Å². The van der Waals surface area contributed by atoms with Gasteiger partial charge < -0.3 is 5.32 Å². The largest absolute Gasteiger partial charge is 0.339 e. The van der Waals surface area contributed by atoms with Crippen LogP contribution >= 0.6 is 11.3 Å². The Labute approximate surface area is 104 Å². The van der Waals surface area contributed by atoms with E-state index in [1.807, 2.05) is 12.3 Å². The molecule has 0 saturated carbocycles. The molecule has 0 unspecified atom stereocenters. The summed E-state index contributed by atoms with van der Waals surface area (Å²) in [4.78, 5) is 23.8. The predicted molar refractivity (Wildman–Crippen MR) is 67.4 cm³/mol. The van der Waals surface area contributed by atoms with Crippen LogP contribution in [-0.2, 0) is 4.79 Å². The summed E-state index contributed by atoms with van der Waals surface area (Å²) in [5.41, 5.74) is 2.07. The lowest BCUT2D eigenvalue weighted by Crippen LogP contribution is -2.48. The fourth-order valence-corrected chi connectivity index (χ4v) is 2.04. The molecule has 1 aromatic rings. The van der Waals surface area contributed by atoms with Crippen molar-refractivity contribution in [3.8, 4) is 0 Å². The highest BCUT2D eigenvalue weighted by molar-refractivity contribution is 7.12. The Morgan fingerprint density at radius 2 is 2.29 bits per heavy atom. The van der Waals surface area contributed by atoms with Crippen molar-refractivity contribution in [2.24, 2.45) is 5.84 Å². The molecule has 4 N–H and O–H groups in total. The Balaban J connectivity index is 2.59. The van der Waals surface area contributed by atoms with Gasteiger partial charge in [0.25, 0.3) is 11.8 Å². The second kappa shape index (κ2) is 7.03. The van der Waals surface area contributed by atoms with Crippen molar-refractivity contribution in [3.05, 3.63) is 22.4 Å². The van der Waals surface area contributed by atoms with Crippen LogP contribution in [0.4, 0.5) is 0 Å². The summed E-state index contributed by atoms with van der Waals surface area (Å²) in [6.45, 7) is 2.03. The minimum Gasteiger partial charge on any atom is -0.339 e. The first-order chi connectivity index (χ1) is 8.19. The highest BCUT2D eigenvalue weighted by Gasteiger charge is 2.20. The van der Waals surface area contributed by atoms with E-state index in [0.29, 0.717) is 11.3 Å². The summed E-state index contributed by atoms with van der Waals surface area (Å²) in [6.07, 6.45) is 2.42.